The molecule has 1 amide bonds. The SMILES string of the molecule is CCCN(Cc1ccsc1)C(=O)c1ccccc1OCC. The smallest absolute Gasteiger partial charge is 0.257 e. The lowest BCUT2D eigenvalue weighted by Crippen LogP contribution is -2.31. The van der Waals surface area contributed by atoms with Crippen molar-refractivity contribution in [1.29, 1.82) is 0 Å². The van der Waals surface area contributed by atoms with Crippen molar-refractivity contribution in [3.05, 3.63) is 52.2 Å². The molecule has 112 valence electrons. The molecule has 4 heteroatoms. The molecule has 0 saturated heterocycles. The predicted molar refractivity (Wildman–Crippen MR) is 87.0 cm³/mol. The summed E-state index contributed by atoms with van der Waals surface area (Å²) in [5, 5.41) is 4.13. The van der Waals surface area contributed by atoms with E-state index in [1.165, 1.54) is 5.56 Å². The minimum absolute atomic E-state index is 0.0344. The molecule has 0 saturated carbocycles. The molecule has 0 fully saturated rings. The normalized spacial score (nSPS) is 10.4. The van der Waals surface area contributed by atoms with E-state index in [2.05, 4.69) is 18.4 Å². The van der Waals surface area contributed by atoms with Gasteiger partial charge in [-0.15, -0.1) is 0 Å². The first-order valence-corrected chi connectivity index (χ1v) is 8.22. The third kappa shape index (κ3) is 4.08. The third-order valence-corrected chi connectivity index (χ3v) is 3.88. The van der Waals surface area contributed by atoms with Gasteiger partial charge in [-0.1, -0.05) is 19.1 Å². The number of carbonyl (C=O) groups excluding carboxylic acids is 1. The largest absolute Gasteiger partial charge is 0.493 e. The monoisotopic (exact) mass is 303 g/mol. The van der Waals surface area contributed by atoms with E-state index in [1.54, 1.807) is 11.3 Å². The fourth-order valence-electron chi connectivity index (χ4n) is 2.22. The van der Waals surface area contributed by atoms with Gasteiger partial charge in [0.15, 0.2) is 0 Å². The molecular weight excluding hydrogens is 282 g/mol. The van der Waals surface area contributed by atoms with Gasteiger partial charge in [0.25, 0.3) is 5.91 Å². The van der Waals surface area contributed by atoms with Crippen molar-refractivity contribution in [3.8, 4) is 5.75 Å². The van der Waals surface area contributed by atoms with Crippen molar-refractivity contribution in [3.63, 3.8) is 0 Å². The highest BCUT2D eigenvalue weighted by atomic mass is 32.1. The van der Waals surface area contributed by atoms with E-state index < -0.39 is 0 Å². The number of ether oxygens (including phenoxy) is 1. The second kappa shape index (κ2) is 7.84. The number of hydrogen-bond acceptors (Lipinski definition) is 3. The topological polar surface area (TPSA) is 29.5 Å². The fourth-order valence-corrected chi connectivity index (χ4v) is 2.88. The molecule has 0 N–H and O–H groups in total. The summed E-state index contributed by atoms with van der Waals surface area (Å²) in [4.78, 5) is 14.7. The van der Waals surface area contributed by atoms with E-state index in [4.69, 9.17) is 4.74 Å². The quantitative estimate of drug-likeness (QED) is 0.767. The lowest BCUT2D eigenvalue weighted by molar-refractivity contribution is 0.0739. The Bertz CT molecular complexity index is 566. The summed E-state index contributed by atoms with van der Waals surface area (Å²) in [7, 11) is 0. The minimum atomic E-state index is 0.0344. The van der Waals surface area contributed by atoms with Crippen molar-refractivity contribution in [2.45, 2.75) is 26.8 Å². The number of benzene rings is 1. The maximum atomic E-state index is 12.8. The summed E-state index contributed by atoms with van der Waals surface area (Å²) >= 11 is 1.66. The van der Waals surface area contributed by atoms with Gasteiger partial charge in [0, 0.05) is 13.1 Å². The summed E-state index contributed by atoms with van der Waals surface area (Å²) in [6.45, 7) is 5.97. The first kappa shape index (κ1) is 15.6. The van der Waals surface area contributed by atoms with Crippen molar-refractivity contribution >= 4 is 17.2 Å². The molecule has 2 rings (SSSR count). The van der Waals surface area contributed by atoms with Crippen molar-refractivity contribution in [2.75, 3.05) is 13.2 Å². The first-order valence-electron chi connectivity index (χ1n) is 7.28. The van der Waals surface area contributed by atoms with Crippen LogP contribution in [0, 0.1) is 0 Å². The molecule has 0 spiro atoms. The highest BCUT2D eigenvalue weighted by Crippen LogP contribution is 2.21. The van der Waals surface area contributed by atoms with E-state index in [0.717, 1.165) is 13.0 Å². The van der Waals surface area contributed by atoms with Crippen LogP contribution in [-0.2, 0) is 6.54 Å². The first-order chi connectivity index (χ1) is 10.3. The zero-order valence-corrected chi connectivity index (χ0v) is 13.4. The molecule has 1 aromatic carbocycles. The van der Waals surface area contributed by atoms with E-state index in [9.17, 15) is 4.79 Å². The summed E-state index contributed by atoms with van der Waals surface area (Å²) in [5.41, 5.74) is 1.82. The van der Waals surface area contributed by atoms with E-state index in [1.807, 2.05) is 41.5 Å². The predicted octanol–water partition coefficient (Wildman–Crippen LogP) is 4.20. The van der Waals surface area contributed by atoms with E-state index >= 15 is 0 Å². The second-order valence-electron chi connectivity index (χ2n) is 4.79. The summed E-state index contributed by atoms with van der Waals surface area (Å²) in [5.74, 6) is 0.698. The Hall–Kier alpha value is -1.81. The summed E-state index contributed by atoms with van der Waals surface area (Å²) in [6, 6.07) is 9.53. The van der Waals surface area contributed by atoms with Gasteiger partial charge in [0.2, 0.25) is 0 Å². The van der Waals surface area contributed by atoms with Gasteiger partial charge in [-0.3, -0.25) is 4.79 Å². The highest BCUT2D eigenvalue weighted by Gasteiger charge is 2.19. The van der Waals surface area contributed by atoms with Crippen molar-refractivity contribution < 1.29 is 9.53 Å². The minimum Gasteiger partial charge on any atom is -0.493 e. The number of carbonyl (C=O) groups is 1. The van der Waals surface area contributed by atoms with Gasteiger partial charge >= 0.3 is 0 Å². The third-order valence-electron chi connectivity index (χ3n) is 3.15. The fraction of sp³-hybridized carbons (Fsp3) is 0.353. The lowest BCUT2D eigenvalue weighted by atomic mass is 10.1. The van der Waals surface area contributed by atoms with Crippen LogP contribution < -0.4 is 4.74 Å². The van der Waals surface area contributed by atoms with Crippen LogP contribution >= 0.6 is 11.3 Å². The van der Waals surface area contributed by atoms with Crippen LogP contribution in [-0.4, -0.2) is 24.0 Å². The van der Waals surface area contributed by atoms with Crippen LogP contribution in [0.2, 0.25) is 0 Å². The highest BCUT2D eigenvalue weighted by molar-refractivity contribution is 7.07. The average Bonchev–Trinajstić information content (AvgIpc) is 3.00. The Kier molecular flexibility index (Phi) is 5.81. The van der Waals surface area contributed by atoms with Crippen molar-refractivity contribution in [1.82, 2.24) is 4.90 Å². The molecule has 3 nitrogen and oxygen atoms in total. The summed E-state index contributed by atoms with van der Waals surface area (Å²) < 4.78 is 5.58. The number of thiophene rings is 1. The van der Waals surface area contributed by atoms with Crippen LogP contribution in [0.5, 0.6) is 5.75 Å². The van der Waals surface area contributed by atoms with Crippen molar-refractivity contribution in [2.24, 2.45) is 0 Å². The van der Waals surface area contributed by atoms with Crippen LogP contribution in [0.4, 0.5) is 0 Å². The molecule has 0 aliphatic rings. The number of nitrogens with zero attached hydrogens (tertiary/aromatic N) is 1. The standard InChI is InChI=1S/C17H21NO2S/c1-3-10-18(12-14-9-11-21-13-14)17(19)15-7-5-6-8-16(15)20-4-2/h5-9,11,13H,3-4,10,12H2,1-2H3. The molecule has 0 aliphatic carbocycles. The Morgan fingerprint density at radius 3 is 2.71 bits per heavy atom. The molecule has 0 bridgehead atoms. The van der Waals surface area contributed by atoms with Gasteiger partial charge < -0.3 is 9.64 Å². The molecule has 0 atom stereocenters. The Labute approximate surface area is 130 Å². The second-order valence-corrected chi connectivity index (χ2v) is 5.57. The Morgan fingerprint density at radius 1 is 1.24 bits per heavy atom. The molecule has 0 aliphatic heterocycles. The molecule has 1 aromatic heterocycles. The van der Waals surface area contributed by atoms with Crippen LogP contribution in [0.25, 0.3) is 0 Å². The van der Waals surface area contributed by atoms with Crippen LogP contribution in [0.15, 0.2) is 41.1 Å². The average molecular weight is 303 g/mol. The number of hydrogen-bond donors (Lipinski definition) is 0. The van der Waals surface area contributed by atoms with Gasteiger partial charge in [-0.25, -0.2) is 0 Å². The summed E-state index contributed by atoms with van der Waals surface area (Å²) in [6.07, 6.45) is 0.937. The molecular formula is C17H21NO2S. The van der Waals surface area contributed by atoms with Crippen LogP contribution in [0.1, 0.15) is 36.2 Å². The van der Waals surface area contributed by atoms with Gasteiger partial charge in [-0.2, -0.15) is 11.3 Å². The number of amides is 1. The van der Waals surface area contributed by atoms with E-state index in [0.29, 0.717) is 24.5 Å². The molecule has 0 unspecified atom stereocenters. The van der Waals surface area contributed by atoms with Gasteiger partial charge in [0.1, 0.15) is 5.75 Å². The number of rotatable bonds is 7. The Morgan fingerprint density at radius 2 is 2.05 bits per heavy atom. The maximum Gasteiger partial charge on any atom is 0.257 e. The zero-order valence-electron chi connectivity index (χ0n) is 12.5. The van der Waals surface area contributed by atoms with Gasteiger partial charge in [0.05, 0.1) is 12.2 Å². The van der Waals surface area contributed by atoms with E-state index in [-0.39, 0.29) is 5.91 Å². The molecule has 1 heterocycles. The lowest BCUT2D eigenvalue weighted by Gasteiger charge is -2.23. The maximum absolute atomic E-state index is 12.8. The van der Waals surface area contributed by atoms with Crippen LogP contribution in [0.3, 0.4) is 0 Å². The number of para-hydroxylation sites is 1. The van der Waals surface area contributed by atoms with Gasteiger partial charge in [-0.05, 0) is 47.9 Å². The molecule has 0 radical (unpaired) electrons. The molecule has 21 heavy (non-hydrogen) atoms. The molecule has 2 aromatic rings. The Balaban J connectivity index is 2.21. The zero-order chi connectivity index (χ0) is 15.1.